The van der Waals surface area contributed by atoms with Gasteiger partial charge in [-0.2, -0.15) is 18.3 Å². The molecule has 5 aromatic rings. The Labute approximate surface area is 209 Å². The Morgan fingerprint density at radius 1 is 0.944 bits per heavy atom. The first-order valence-corrected chi connectivity index (χ1v) is 11.3. The SMILES string of the molecule is Cc1ccc(C(=O)Nc2cccc(-c3ccnc4cc(-c5ccc(Cl)cc5)nn34)c2)cc1C(F)(F)F. The summed E-state index contributed by atoms with van der Waals surface area (Å²) in [4.78, 5) is 17.1. The van der Waals surface area contributed by atoms with Crippen LogP contribution in [0.15, 0.2) is 85.1 Å². The molecule has 0 aliphatic carbocycles. The highest BCUT2D eigenvalue weighted by atomic mass is 35.5. The summed E-state index contributed by atoms with van der Waals surface area (Å²) in [6, 6.07) is 21.5. The van der Waals surface area contributed by atoms with E-state index in [1.165, 1.54) is 19.1 Å². The number of rotatable bonds is 4. The normalized spacial score (nSPS) is 11.6. The maximum absolute atomic E-state index is 13.3. The molecule has 2 heterocycles. The number of aromatic nitrogens is 3. The van der Waals surface area contributed by atoms with Crippen LogP contribution in [0.5, 0.6) is 0 Å². The predicted octanol–water partition coefficient (Wildman–Crippen LogP) is 7.30. The van der Waals surface area contributed by atoms with Crippen LogP contribution in [-0.2, 0) is 6.18 Å². The van der Waals surface area contributed by atoms with Crippen molar-refractivity contribution in [3.63, 3.8) is 0 Å². The third-order valence-corrected chi connectivity index (χ3v) is 5.97. The van der Waals surface area contributed by atoms with Crippen LogP contribution in [0.2, 0.25) is 5.02 Å². The van der Waals surface area contributed by atoms with E-state index in [0.717, 1.165) is 28.6 Å². The van der Waals surface area contributed by atoms with Gasteiger partial charge >= 0.3 is 6.18 Å². The number of carbonyl (C=O) groups excluding carboxylic acids is 1. The Morgan fingerprint density at radius 2 is 1.72 bits per heavy atom. The molecule has 0 bridgehead atoms. The number of aryl methyl sites for hydroxylation is 1. The summed E-state index contributed by atoms with van der Waals surface area (Å²) in [7, 11) is 0. The molecule has 0 spiro atoms. The third kappa shape index (κ3) is 4.67. The summed E-state index contributed by atoms with van der Waals surface area (Å²) >= 11 is 5.99. The first-order valence-electron chi connectivity index (χ1n) is 10.9. The highest BCUT2D eigenvalue weighted by Crippen LogP contribution is 2.33. The van der Waals surface area contributed by atoms with Gasteiger partial charge in [0, 0.05) is 39.7 Å². The van der Waals surface area contributed by atoms with Gasteiger partial charge in [-0.3, -0.25) is 4.79 Å². The van der Waals surface area contributed by atoms with Crippen LogP contribution in [0.4, 0.5) is 18.9 Å². The van der Waals surface area contributed by atoms with Crippen molar-refractivity contribution in [3.05, 3.63) is 107 Å². The number of hydrogen-bond donors (Lipinski definition) is 1. The van der Waals surface area contributed by atoms with E-state index >= 15 is 0 Å². The van der Waals surface area contributed by atoms with Gasteiger partial charge in [-0.1, -0.05) is 41.9 Å². The number of hydrogen-bond acceptors (Lipinski definition) is 3. The van der Waals surface area contributed by atoms with Crippen LogP contribution in [0, 0.1) is 6.92 Å². The van der Waals surface area contributed by atoms with Gasteiger partial charge < -0.3 is 5.32 Å². The van der Waals surface area contributed by atoms with E-state index in [9.17, 15) is 18.0 Å². The maximum atomic E-state index is 13.3. The summed E-state index contributed by atoms with van der Waals surface area (Å²) in [5.41, 5.74) is 3.27. The molecule has 1 amide bonds. The average Bonchev–Trinajstić information content (AvgIpc) is 3.28. The maximum Gasteiger partial charge on any atom is 0.416 e. The summed E-state index contributed by atoms with van der Waals surface area (Å²) in [6.45, 7) is 1.36. The second kappa shape index (κ2) is 9.13. The fourth-order valence-electron chi connectivity index (χ4n) is 3.90. The molecule has 5 nitrogen and oxygen atoms in total. The first-order chi connectivity index (χ1) is 17.2. The van der Waals surface area contributed by atoms with E-state index in [1.54, 1.807) is 47.1 Å². The van der Waals surface area contributed by atoms with E-state index in [1.807, 2.05) is 24.3 Å². The molecule has 0 unspecified atom stereocenters. The van der Waals surface area contributed by atoms with Crippen LogP contribution in [-0.4, -0.2) is 20.5 Å². The molecule has 1 N–H and O–H groups in total. The van der Waals surface area contributed by atoms with Crippen LogP contribution in [0.25, 0.3) is 28.2 Å². The van der Waals surface area contributed by atoms with Gasteiger partial charge in [0.2, 0.25) is 0 Å². The van der Waals surface area contributed by atoms with Gasteiger partial charge in [0.15, 0.2) is 5.65 Å². The number of anilines is 1. The number of carbonyl (C=O) groups is 1. The minimum Gasteiger partial charge on any atom is -0.322 e. The van der Waals surface area contributed by atoms with Crippen LogP contribution in [0.1, 0.15) is 21.5 Å². The molecule has 5 rings (SSSR count). The van der Waals surface area contributed by atoms with Gasteiger partial charge in [0.05, 0.1) is 17.0 Å². The lowest BCUT2D eigenvalue weighted by atomic mass is 10.0. The molecule has 0 saturated carbocycles. The number of amides is 1. The summed E-state index contributed by atoms with van der Waals surface area (Å²) < 4.78 is 41.5. The van der Waals surface area contributed by atoms with Gasteiger partial charge in [-0.15, -0.1) is 0 Å². The van der Waals surface area contributed by atoms with Crippen molar-refractivity contribution in [1.29, 1.82) is 0 Å². The molecule has 0 atom stereocenters. The summed E-state index contributed by atoms with van der Waals surface area (Å²) in [5, 5.41) is 8.00. The van der Waals surface area contributed by atoms with Gasteiger partial charge in [0.1, 0.15) is 0 Å². The Hall–Kier alpha value is -4.17. The molecule has 9 heteroatoms. The van der Waals surface area contributed by atoms with Gasteiger partial charge in [-0.05, 0) is 55.0 Å². The molecular weight excluding hydrogens is 489 g/mol. The monoisotopic (exact) mass is 506 g/mol. The highest BCUT2D eigenvalue weighted by molar-refractivity contribution is 6.30. The molecule has 180 valence electrons. The van der Waals surface area contributed by atoms with Gasteiger partial charge in [-0.25, -0.2) is 9.50 Å². The predicted molar refractivity (Wildman–Crippen MR) is 133 cm³/mol. The Kier molecular flexibility index (Phi) is 5.97. The number of nitrogens with zero attached hydrogens (tertiary/aromatic N) is 3. The zero-order valence-corrected chi connectivity index (χ0v) is 19.6. The minimum absolute atomic E-state index is 0.0555. The zero-order valence-electron chi connectivity index (χ0n) is 18.8. The van der Waals surface area contributed by atoms with E-state index < -0.39 is 17.6 Å². The molecule has 0 radical (unpaired) electrons. The van der Waals surface area contributed by atoms with Crippen LogP contribution < -0.4 is 5.32 Å². The highest BCUT2D eigenvalue weighted by Gasteiger charge is 2.33. The second-order valence-electron chi connectivity index (χ2n) is 8.20. The van der Waals surface area contributed by atoms with Crippen molar-refractivity contribution in [1.82, 2.24) is 14.6 Å². The van der Waals surface area contributed by atoms with E-state index in [2.05, 4.69) is 15.4 Å². The van der Waals surface area contributed by atoms with Gasteiger partial charge in [0.25, 0.3) is 5.91 Å². The summed E-state index contributed by atoms with van der Waals surface area (Å²) in [6.07, 6.45) is -2.88. The van der Waals surface area contributed by atoms with Crippen molar-refractivity contribution < 1.29 is 18.0 Å². The molecule has 0 fully saturated rings. The topological polar surface area (TPSA) is 59.3 Å². The molecule has 3 aromatic carbocycles. The standard InChI is InChI=1S/C27H18ClF3N4O/c1-16-5-6-19(14-22(16)27(29,30)31)26(36)33-21-4-2-3-18(13-21)24-11-12-32-25-15-23(34-35(24)25)17-7-9-20(28)10-8-17/h2-15H,1H3,(H,33,36). The Bertz CT molecular complexity index is 1590. The largest absolute Gasteiger partial charge is 0.416 e. The number of halogens is 4. The third-order valence-electron chi connectivity index (χ3n) is 5.72. The first kappa shape index (κ1) is 23.6. The quantitative estimate of drug-likeness (QED) is 0.278. The van der Waals surface area contributed by atoms with E-state index in [4.69, 9.17) is 11.6 Å². The lowest BCUT2D eigenvalue weighted by Gasteiger charge is -2.13. The van der Waals surface area contributed by atoms with Crippen molar-refractivity contribution in [3.8, 4) is 22.5 Å². The molecular formula is C27H18ClF3N4O. The van der Waals surface area contributed by atoms with E-state index in [-0.39, 0.29) is 11.1 Å². The lowest BCUT2D eigenvalue weighted by molar-refractivity contribution is -0.138. The van der Waals surface area contributed by atoms with E-state index in [0.29, 0.717) is 16.4 Å². The molecule has 36 heavy (non-hydrogen) atoms. The van der Waals surface area contributed by atoms with Crippen LogP contribution in [0.3, 0.4) is 0 Å². The average molecular weight is 507 g/mol. The lowest BCUT2D eigenvalue weighted by Crippen LogP contribution is -2.15. The van der Waals surface area contributed by atoms with Crippen molar-refractivity contribution >= 4 is 28.8 Å². The fourth-order valence-corrected chi connectivity index (χ4v) is 4.03. The molecule has 0 aliphatic heterocycles. The van der Waals surface area contributed by atoms with Crippen molar-refractivity contribution in [2.24, 2.45) is 0 Å². The Morgan fingerprint density at radius 3 is 2.47 bits per heavy atom. The second-order valence-corrected chi connectivity index (χ2v) is 8.64. The van der Waals surface area contributed by atoms with Crippen molar-refractivity contribution in [2.75, 3.05) is 5.32 Å². The van der Waals surface area contributed by atoms with Crippen molar-refractivity contribution in [2.45, 2.75) is 13.1 Å². The summed E-state index contributed by atoms with van der Waals surface area (Å²) in [5.74, 6) is -0.637. The fraction of sp³-hybridized carbons (Fsp3) is 0.0741. The minimum atomic E-state index is -4.54. The number of benzene rings is 3. The number of nitrogens with one attached hydrogen (secondary N) is 1. The molecule has 0 saturated heterocycles. The number of alkyl halides is 3. The molecule has 2 aromatic heterocycles. The zero-order chi connectivity index (χ0) is 25.4. The Balaban J connectivity index is 1.46. The van der Waals surface area contributed by atoms with Crippen LogP contribution >= 0.6 is 11.6 Å². The smallest absolute Gasteiger partial charge is 0.322 e. The molecule has 0 aliphatic rings. The number of fused-ring (bicyclic) bond motifs is 1.